The average Bonchev–Trinajstić information content (AvgIpc) is 2.53. The number of nitrogens with one attached hydrogen (secondary N) is 1. The molecule has 0 saturated heterocycles. The van der Waals surface area contributed by atoms with Gasteiger partial charge in [0.1, 0.15) is 0 Å². The second-order valence-corrected chi connectivity index (χ2v) is 5.48. The van der Waals surface area contributed by atoms with Crippen LogP contribution in [0.25, 0.3) is 0 Å². The summed E-state index contributed by atoms with van der Waals surface area (Å²) in [6.07, 6.45) is 0.375. The number of carbonyl (C=O) groups is 1. The van der Waals surface area contributed by atoms with Crippen LogP contribution in [0.1, 0.15) is 20.3 Å². The number of anilines is 1. The lowest BCUT2D eigenvalue weighted by Crippen LogP contribution is -2.30. The highest BCUT2D eigenvalue weighted by Crippen LogP contribution is 2.46. The van der Waals surface area contributed by atoms with Crippen molar-refractivity contribution in [3.8, 4) is 0 Å². The minimum atomic E-state index is -0.282. The summed E-state index contributed by atoms with van der Waals surface area (Å²) in [6.45, 7) is 4.28. The van der Waals surface area contributed by atoms with Crippen molar-refractivity contribution >= 4 is 23.4 Å². The first kappa shape index (κ1) is 11.3. The topological polar surface area (TPSA) is 38.3 Å². The maximum atomic E-state index is 11.5. The summed E-state index contributed by atoms with van der Waals surface area (Å²) in [7, 11) is 0. The van der Waals surface area contributed by atoms with Crippen LogP contribution in [0, 0.1) is 0 Å². The molecule has 4 heteroatoms. The Hall–Kier alpha value is -1.16. The van der Waals surface area contributed by atoms with Crippen molar-refractivity contribution in [3.63, 3.8) is 0 Å². The Kier molecular flexibility index (Phi) is 3.10. The fourth-order valence-corrected chi connectivity index (χ4v) is 2.99. The average molecular weight is 237 g/mol. The van der Waals surface area contributed by atoms with Gasteiger partial charge >= 0.3 is 5.97 Å². The number of ether oxygens (including phenoxy) is 1. The van der Waals surface area contributed by atoms with Crippen molar-refractivity contribution < 1.29 is 9.53 Å². The van der Waals surface area contributed by atoms with Gasteiger partial charge in [0.05, 0.1) is 17.9 Å². The second-order valence-electron chi connectivity index (χ2n) is 3.94. The van der Waals surface area contributed by atoms with E-state index in [4.69, 9.17) is 4.74 Å². The zero-order chi connectivity index (χ0) is 11.6. The van der Waals surface area contributed by atoms with Gasteiger partial charge in [-0.3, -0.25) is 4.79 Å². The molecule has 0 fully saturated rings. The van der Waals surface area contributed by atoms with Crippen LogP contribution in [0.5, 0.6) is 0 Å². The van der Waals surface area contributed by atoms with Crippen molar-refractivity contribution in [1.29, 1.82) is 0 Å². The Morgan fingerprint density at radius 3 is 2.94 bits per heavy atom. The van der Waals surface area contributed by atoms with Crippen molar-refractivity contribution in [2.24, 2.45) is 0 Å². The number of esters is 1. The van der Waals surface area contributed by atoms with Crippen molar-refractivity contribution in [3.05, 3.63) is 24.3 Å². The van der Waals surface area contributed by atoms with Crippen LogP contribution in [-0.4, -0.2) is 17.4 Å². The van der Waals surface area contributed by atoms with E-state index < -0.39 is 0 Å². The molecule has 0 bridgehead atoms. The summed E-state index contributed by atoms with van der Waals surface area (Å²) in [5.41, 5.74) is 1.10. The Bertz CT molecular complexity index is 381. The monoisotopic (exact) mass is 237 g/mol. The van der Waals surface area contributed by atoms with E-state index in [0.717, 1.165) is 5.69 Å². The lowest BCUT2D eigenvalue weighted by molar-refractivity contribution is -0.143. The highest BCUT2D eigenvalue weighted by molar-refractivity contribution is 8.01. The van der Waals surface area contributed by atoms with Gasteiger partial charge in [-0.05, 0) is 26.0 Å². The molecule has 0 aliphatic carbocycles. The number of fused-ring (bicyclic) bond motifs is 1. The fraction of sp³-hybridized carbons (Fsp3) is 0.417. The van der Waals surface area contributed by atoms with E-state index in [1.165, 1.54) is 4.90 Å². The number of thioether (sulfide) groups is 1. The van der Waals surface area contributed by atoms with Crippen molar-refractivity contribution in [2.75, 3.05) is 11.9 Å². The molecular formula is C12H15NO2S. The predicted molar refractivity (Wildman–Crippen MR) is 65.6 cm³/mol. The molecule has 1 aromatic carbocycles. The molecule has 1 atom stereocenters. The van der Waals surface area contributed by atoms with Gasteiger partial charge < -0.3 is 10.1 Å². The smallest absolute Gasteiger partial charge is 0.309 e. The molecule has 3 nitrogen and oxygen atoms in total. The molecule has 1 aliphatic rings. The molecule has 1 N–H and O–H groups in total. The SMILES string of the molecule is CCOC(=O)CC1(C)Nc2ccccc2S1. The third-order valence-corrected chi connectivity index (χ3v) is 3.68. The summed E-state index contributed by atoms with van der Waals surface area (Å²) >= 11 is 1.68. The van der Waals surface area contributed by atoms with E-state index in [9.17, 15) is 4.79 Å². The van der Waals surface area contributed by atoms with Crippen LogP contribution in [-0.2, 0) is 9.53 Å². The van der Waals surface area contributed by atoms with Crippen LogP contribution in [0.3, 0.4) is 0 Å². The molecular weight excluding hydrogens is 222 g/mol. The summed E-state index contributed by atoms with van der Waals surface area (Å²) < 4.78 is 4.98. The van der Waals surface area contributed by atoms with Crippen molar-refractivity contribution in [2.45, 2.75) is 30.0 Å². The molecule has 2 rings (SSSR count). The van der Waals surface area contributed by atoms with Gasteiger partial charge in [0.15, 0.2) is 0 Å². The molecule has 1 aromatic rings. The molecule has 0 spiro atoms. The standard InChI is InChI=1S/C12H15NO2S/c1-3-15-11(14)8-12(2)13-9-6-4-5-7-10(9)16-12/h4-7,13H,3,8H2,1-2H3. The highest BCUT2D eigenvalue weighted by Gasteiger charge is 2.35. The van der Waals surface area contributed by atoms with Gasteiger partial charge in [-0.2, -0.15) is 0 Å². The fourth-order valence-electron chi connectivity index (χ4n) is 1.78. The molecule has 86 valence electrons. The molecule has 16 heavy (non-hydrogen) atoms. The van der Waals surface area contributed by atoms with E-state index in [0.29, 0.717) is 13.0 Å². The van der Waals surface area contributed by atoms with E-state index in [1.54, 1.807) is 11.8 Å². The van der Waals surface area contributed by atoms with Gasteiger partial charge in [-0.25, -0.2) is 0 Å². The number of rotatable bonds is 3. The molecule has 0 saturated carbocycles. The first-order valence-corrected chi connectivity index (χ1v) is 6.16. The normalized spacial score (nSPS) is 22.4. The van der Waals surface area contributed by atoms with E-state index >= 15 is 0 Å². The third-order valence-electron chi connectivity index (χ3n) is 2.41. The van der Waals surface area contributed by atoms with Gasteiger partial charge in [0.25, 0.3) is 0 Å². The predicted octanol–water partition coefficient (Wildman–Crippen LogP) is 2.87. The Morgan fingerprint density at radius 2 is 2.25 bits per heavy atom. The Balaban J connectivity index is 2.06. The number of carbonyl (C=O) groups excluding carboxylic acids is 1. The largest absolute Gasteiger partial charge is 0.466 e. The Morgan fingerprint density at radius 1 is 1.50 bits per heavy atom. The zero-order valence-electron chi connectivity index (χ0n) is 9.45. The lowest BCUT2D eigenvalue weighted by Gasteiger charge is -2.22. The van der Waals surface area contributed by atoms with E-state index in [1.807, 2.05) is 32.0 Å². The lowest BCUT2D eigenvalue weighted by atomic mass is 10.2. The van der Waals surface area contributed by atoms with Crippen LogP contribution < -0.4 is 5.32 Å². The van der Waals surface area contributed by atoms with Gasteiger partial charge in [0, 0.05) is 10.6 Å². The quantitative estimate of drug-likeness (QED) is 0.820. The van der Waals surface area contributed by atoms with Gasteiger partial charge in [-0.15, -0.1) is 0 Å². The first-order chi connectivity index (χ1) is 7.63. The van der Waals surface area contributed by atoms with Crippen LogP contribution in [0.2, 0.25) is 0 Å². The molecule has 1 aliphatic heterocycles. The summed E-state index contributed by atoms with van der Waals surface area (Å²) in [4.78, 5) is 12.4. The number of hydrogen-bond acceptors (Lipinski definition) is 4. The second kappa shape index (κ2) is 4.37. The van der Waals surface area contributed by atoms with E-state index in [2.05, 4.69) is 11.4 Å². The summed E-state index contributed by atoms with van der Waals surface area (Å²) in [6, 6.07) is 8.08. The van der Waals surface area contributed by atoms with Crippen LogP contribution >= 0.6 is 11.8 Å². The molecule has 0 amide bonds. The van der Waals surface area contributed by atoms with Crippen molar-refractivity contribution in [1.82, 2.24) is 0 Å². The first-order valence-electron chi connectivity index (χ1n) is 5.35. The molecule has 1 unspecified atom stereocenters. The Labute approximate surface area is 99.6 Å². The maximum absolute atomic E-state index is 11.5. The number of hydrogen-bond donors (Lipinski definition) is 1. The summed E-state index contributed by atoms with van der Waals surface area (Å²) in [5.74, 6) is -0.155. The highest BCUT2D eigenvalue weighted by atomic mass is 32.2. The minimum absolute atomic E-state index is 0.155. The minimum Gasteiger partial charge on any atom is -0.466 e. The van der Waals surface area contributed by atoms with Crippen LogP contribution in [0.4, 0.5) is 5.69 Å². The molecule has 0 radical (unpaired) electrons. The van der Waals surface area contributed by atoms with Gasteiger partial charge in [0.2, 0.25) is 0 Å². The third kappa shape index (κ3) is 2.32. The molecule has 0 aromatic heterocycles. The van der Waals surface area contributed by atoms with Crippen LogP contribution in [0.15, 0.2) is 29.2 Å². The number of para-hydroxylation sites is 1. The summed E-state index contributed by atoms with van der Waals surface area (Å²) in [5, 5.41) is 3.36. The van der Waals surface area contributed by atoms with Gasteiger partial charge in [-0.1, -0.05) is 23.9 Å². The molecule has 1 heterocycles. The maximum Gasteiger partial charge on any atom is 0.309 e. The van der Waals surface area contributed by atoms with E-state index in [-0.39, 0.29) is 10.8 Å². The zero-order valence-corrected chi connectivity index (χ0v) is 10.3. The number of benzene rings is 1.